The molecule has 0 saturated carbocycles. The highest BCUT2D eigenvalue weighted by Gasteiger charge is 2.05. The van der Waals surface area contributed by atoms with Gasteiger partial charge in [0, 0.05) is 29.8 Å². The number of thioether (sulfide) groups is 1. The molecule has 22 heavy (non-hydrogen) atoms. The minimum absolute atomic E-state index is 0.0237. The molecule has 0 aliphatic carbocycles. The van der Waals surface area contributed by atoms with Crippen LogP contribution in [0.1, 0.15) is 6.42 Å². The Morgan fingerprint density at radius 2 is 2.09 bits per heavy atom. The van der Waals surface area contributed by atoms with Gasteiger partial charge in [-0.05, 0) is 26.2 Å². The van der Waals surface area contributed by atoms with Crippen LogP contribution >= 0.6 is 11.8 Å². The lowest BCUT2D eigenvalue weighted by Gasteiger charge is -2.08. The second-order valence-electron chi connectivity index (χ2n) is 5.26. The fraction of sp³-hybridized carbons (Fsp3) is 0.375. The van der Waals surface area contributed by atoms with E-state index in [0.717, 1.165) is 24.5 Å². The summed E-state index contributed by atoms with van der Waals surface area (Å²) in [6.45, 7) is 1.73. The van der Waals surface area contributed by atoms with Gasteiger partial charge in [0.2, 0.25) is 5.91 Å². The quantitative estimate of drug-likeness (QED) is 0.760. The molecule has 118 valence electrons. The Balaban J connectivity index is 1.70. The van der Waals surface area contributed by atoms with Crippen LogP contribution in [0.25, 0.3) is 0 Å². The standard InChI is InChI=1S/C16H22N4OS/c1-19(2)9-10-20-13-14(12-17-20)18-16(21)8-11-22-15-6-4-3-5-7-15/h3-7,12-13H,8-11H2,1-2H3,(H,18,21). The Morgan fingerprint density at radius 3 is 2.82 bits per heavy atom. The molecule has 0 radical (unpaired) electrons. The van der Waals surface area contributed by atoms with Gasteiger partial charge >= 0.3 is 0 Å². The van der Waals surface area contributed by atoms with Crippen molar-refractivity contribution in [1.29, 1.82) is 0 Å². The molecule has 0 saturated heterocycles. The maximum atomic E-state index is 11.9. The lowest BCUT2D eigenvalue weighted by molar-refractivity contribution is -0.115. The van der Waals surface area contributed by atoms with E-state index in [1.54, 1.807) is 18.0 Å². The SMILES string of the molecule is CN(C)CCn1cc(NC(=O)CCSc2ccccc2)cn1. The predicted octanol–water partition coefficient (Wildman–Crippen LogP) is 2.57. The van der Waals surface area contributed by atoms with Gasteiger partial charge in [0.05, 0.1) is 18.4 Å². The van der Waals surface area contributed by atoms with Crippen LogP contribution in [-0.2, 0) is 11.3 Å². The number of rotatable bonds is 8. The Morgan fingerprint density at radius 1 is 1.32 bits per heavy atom. The third kappa shape index (κ3) is 5.91. The third-order valence-electron chi connectivity index (χ3n) is 3.03. The number of likely N-dealkylation sites (N-methyl/N-ethyl adjacent to an activating group) is 1. The Kier molecular flexibility index (Phi) is 6.48. The van der Waals surface area contributed by atoms with E-state index in [0.29, 0.717) is 6.42 Å². The molecule has 0 spiro atoms. The highest BCUT2D eigenvalue weighted by molar-refractivity contribution is 7.99. The van der Waals surface area contributed by atoms with Crippen molar-refractivity contribution in [3.8, 4) is 0 Å². The van der Waals surface area contributed by atoms with Crippen molar-refractivity contribution < 1.29 is 4.79 Å². The lowest BCUT2D eigenvalue weighted by Crippen LogP contribution is -2.18. The fourth-order valence-corrected chi connectivity index (χ4v) is 2.73. The van der Waals surface area contributed by atoms with Gasteiger partial charge in [-0.15, -0.1) is 11.8 Å². The predicted molar refractivity (Wildman–Crippen MR) is 91.2 cm³/mol. The number of amides is 1. The van der Waals surface area contributed by atoms with Gasteiger partial charge in [-0.25, -0.2) is 0 Å². The first-order chi connectivity index (χ1) is 10.6. The highest BCUT2D eigenvalue weighted by Crippen LogP contribution is 2.18. The molecule has 0 aliphatic rings. The van der Waals surface area contributed by atoms with Crippen LogP contribution in [0.4, 0.5) is 5.69 Å². The van der Waals surface area contributed by atoms with E-state index in [4.69, 9.17) is 0 Å². The van der Waals surface area contributed by atoms with Crippen molar-refractivity contribution in [2.75, 3.05) is 31.7 Å². The van der Waals surface area contributed by atoms with Crippen LogP contribution in [0.5, 0.6) is 0 Å². The molecule has 0 atom stereocenters. The first kappa shape index (κ1) is 16.6. The number of carbonyl (C=O) groups is 1. The molecule has 0 bridgehead atoms. The maximum absolute atomic E-state index is 11.9. The molecule has 6 heteroatoms. The summed E-state index contributed by atoms with van der Waals surface area (Å²) in [6.07, 6.45) is 4.05. The zero-order valence-electron chi connectivity index (χ0n) is 13.0. The summed E-state index contributed by atoms with van der Waals surface area (Å²) in [4.78, 5) is 15.2. The van der Waals surface area contributed by atoms with E-state index in [-0.39, 0.29) is 5.91 Å². The van der Waals surface area contributed by atoms with Crippen molar-refractivity contribution >= 4 is 23.4 Å². The van der Waals surface area contributed by atoms with Gasteiger partial charge < -0.3 is 10.2 Å². The summed E-state index contributed by atoms with van der Waals surface area (Å²) in [5.74, 6) is 0.792. The van der Waals surface area contributed by atoms with E-state index in [9.17, 15) is 4.79 Å². The molecule has 0 fully saturated rings. The average Bonchev–Trinajstić information content (AvgIpc) is 2.94. The smallest absolute Gasteiger partial charge is 0.225 e. The number of carbonyl (C=O) groups excluding carboxylic acids is 1. The first-order valence-corrected chi connectivity index (χ1v) is 8.27. The van der Waals surface area contributed by atoms with E-state index in [2.05, 4.69) is 27.4 Å². The van der Waals surface area contributed by atoms with Gasteiger partial charge in [0.15, 0.2) is 0 Å². The summed E-state index contributed by atoms with van der Waals surface area (Å²) in [5.41, 5.74) is 0.758. The monoisotopic (exact) mass is 318 g/mol. The number of anilines is 1. The Bertz CT molecular complexity index is 583. The van der Waals surface area contributed by atoms with Gasteiger partial charge in [-0.1, -0.05) is 18.2 Å². The normalized spacial score (nSPS) is 10.9. The van der Waals surface area contributed by atoms with Crippen LogP contribution < -0.4 is 5.32 Å². The summed E-state index contributed by atoms with van der Waals surface area (Å²) in [5, 5.41) is 7.13. The fourth-order valence-electron chi connectivity index (χ4n) is 1.85. The van der Waals surface area contributed by atoms with Gasteiger partial charge in [0.1, 0.15) is 0 Å². The van der Waals surface area contributed by atoms with Crippen molar-refractivity contribution in [3.05, 3.63) is 42.7 Å². The van der Waals surface area contributed by atoms with E-state index in [1.807, 2.05) is 43.2 Å². The van der Waals surface area contributed by atoms with E-state index >= 15 is 0 Å². The zero-order valence-corrected chi connectivity index (χ0v) is 13.8. The minimum atomic E-state index is 0.0237. The topological polar surface area (TPSA) is 50.2 Å². The van der Waals surface area contributed by atoms with Gasteiger partial charge in [0.25, 0.3) is 0 Å². The zero-order chi connectivity index (χ0) is 15.8. The van der Waals surface area contributed by atoms with E-state index in [1.165, 1.54) is 4.90 Å². The van der Waals surface area contributed by atoms with Crippen molar-refractivity contribution in [2.45, 2.75) is 17.9 Å². The molecule has 1 heterocycles. The molecule has 0 unspecified atom stereocenters. The molecule has 1 amide bonds. The van der Waals surface area contributed by atoms with Crippen molar-refractivity contribution in [3.63, 3.8) is 0 Å². The minimum Gasteiger partial charge on any atom is -0.323 e. The molecular weight excluding hydrogens is 296 g/mol. The first-order valence-electron chi connectivity index (χ1n) is 7.28. The third-order valence-corrected chi connectivity index (χ3v) is 4.05. The van der Waals surface area contributed by atoms with Gasteiger partial charge in [-0.3, -0.25) is 9.48 Å². The second-order valence-corrected chi connectivity index (χ2v) is 6.42. The molecule has 2 rings (SSSR count). The molecule has 0 aliphatic heterocycles. The van der Waals surface area contributed by atoms with Crippen LogP contribution in [0.3, 0.4) is 0 Å². The van der Waals surface area contributed by atoms with Crippen molar-refractivity contribution in [1.82, 2.24) is 14.7 Å². The number of nitrogens with zero attached hydrogens (tertiary/aromatic N) is 3. The highest BCUT2D eigenvalue weighted by atomic mass is 32.2. The van der Waals surface area contributed by atoms with Crippen LogP contribution in [-0.4, -0.2) is 47.0 Å². The number of benzene rings is 1. The lowest BCUT2D eigenvalue weighted by atomic mass is 10.4. The van der Waals surface area contributed by atoms with E-state index < -0.39 is 0 Å². The summed E-state index contributed by atoms with van der Waals surface area (Å²) in [6, 6.07) is 10.1. The number of hydrogen-bond acceptors (Lipinski definition) is 4. The molecule has 5 nitrogen and oxygen atoms in total. The van der Waals surface area contributed by atoms with Crippen LogP contribution in [0, 0.1) is 0 Å². The number of aromatic nitrogens is 2. The summed E-state index contributed by atoms with van der Waals surface area (Å²) in [7, 11) is 4.05. The molecule has 1 aromatic heterocycles. The Labute approximate surface area is 135 Å². The molecule has 2 aromatic rings. The number of nitrogens with one attached hydrogen (secondary N) is 1. The van der Waals surface area contributed by atoms with Crippen LogP contribution in [0.15, 0.2) is 47.6 Å². The summed E-state index contributed by atoms with van der Waals surface area (Å²) >= 11 is 1.69. The Hall–Kier alpha value is -1.79. The van der Waals surface area contributed by atoms with Gasteiger partial charge in [-0.2, -0.15) is 5.10 Å². The van der Waals surface area contributed by atoms with Crippen LogP contribution in [0.2, 0.25) is 0 Å². The van der Waals surface area contributed by atoms with Crippen molar-refractivity contribution in [2.24, 2.45) is 0 Å². The maximum Gasteiger partial charge on any atom is 0.225 e. The number of hydrogen-bond donors (Lipinski definition) is 1. The summed E-state index contributed by atoms with van der Waals surface area (Å²) < 4.78 is 1.84. The largest absolute Gasteiger partial charge is 0.323 e. The molecule has 1 N–H and O–H groups in total. The molecule has 1 aromatic carbocycles. The second kappa shape index (κ2) is 8.60. The average molecular weight is 318 g/mol. The molecular formula is C16H22N4OS.